The molecule has 126 valence electrons. The van der Waals surface area contributed by atoms with Gasteiger partial charge in [-0.1, -0.05) is 17.7 Å². The number of nitrogens with one attached hydrogen (secondary N) is 1. The summed E-state index contributed by atoms with van der Waals surface area (Å²) in [4.78, 5) is 25.5. The number of nitrogens with zero attached hydrogens (tertiary/aromatic N) is 4. The van der Waals surface area contributed by atoms with E-state index in [1.54, 1.807) is 30.5 Å². The van der Waals surface area contributed by atoms with Crippen LogP contribution in [0.1, 0.15) is 23.2 Å². The molecule has 0 aliphatic carbocycles. The SMILES string of the molecule is CN(C)c1nc(N2CCCC2)ncc1NC(=O)c1cccc(Cl)c1. The zero-order valence-corrected chi connectivity index (χ0v) is 14.5. The molecule has 1 amide bonds. The van der Waals surface area contributed by atoms with Gasteiger partial charge < -0.3 is 15.1 Å². The van der Waals surface area contributed by atoms with Crippen molar-refractivity contribution in [2.75, 3.05) is 42.3 Å². The number of hydrogen-bond acceptors (Lipinski definition) is 5. The summed E-state index contributed by atoms with van der Waals surface area (Å²) in [5.74, 6) is 1.15. The first kappa shape index (κ1) is 16.5. The van der Waals surface area contributed by atoms with Gasteiger partial charge in [0.2, 0.25) is 5.95 Å². The number of hydrogen-bond donors (Lipinski definition) is 1. The van der Waals surface area contributed by atoms with E-state index in [2.05, 4.69) is 20.2 Å². The van der Waals surface area contributed by atoms with Gasteiger partial charge in [-0.2, -0.15) is 4.98 Å². The highest BCUT2D eigenvalue weighted by Crippen LogP contribution is 2.26. The molecule has 1 saturated heterocycles. The Kier molecular flexibility index (Phi) is 4.85. The predicted octanol–water partition coefficient (Wildman–Crippen LogP) is 3.05. The van der Waals surface area contributed by atoms with Crippen molar-refractivity contribution < 1.29 is 4.79 Å². The highest BCUT2D eigenvalue weighted by atomic mass is 35.5. The van der Waals surface area contributed by atoms with E-state index in [0.717, 1.165) is 25.9 Å². The Morgan fingerprint density at radius 3 is 2.71 bits per heavy atom. The highest BCUT2D eigenvalue weighted by molar-refractivity contribution is 6.31. The average molecular weight is 346 g/mol. The Labute approximate surface area is 146 Å². The predicted molar refractivity (Wildman–Crippen MR) is 97.2 cm³/mol. The number of amides is 1. The highest BCUT2D eigenvalue weighted by Gasteiger charge is 2.19. The van der Waals surface area contributed by atoms with Gasteiger partial charge in [0.25, 0.3) is 5.91 Å². The van der Waals surface area contributed by atoms with Crippen molar-refractivity contribution in [3.63, 3.8) is 0 Å². The zero-order valence-electron chi connectivity index (χ0n) is 13.8. The number of carbonyl (C=O) groups is 1. The van der Waals surface area contributed by atoms with Crippen LogP contribution >= 0.6 is 11.6 Å². The first-order chi connectivity index (χ1) is 11.5. The van der Waals surface area contributed by atoms with E-state index in [9.17, 15) is 4.79 Å². The molecular weight excluding hydrogens is 326 g/mol. The fourth-order valence-electron chi connectivity index (χ4n) is 2.69. The maximum atomic E-state index is 12.4. The van der Waals surface area contributed by atoms with Crippen LogP contribution in [0.4, 0.5) is 17.5 Å². The summed E-state index contributed by atoms with van der Waals surface area (Å²) >= 11 is 5.95. The van der Waals surface area contributed by atoms with Crippen molar-refractivity contribution in [1.29, 1.82) is 0 Å². The lowest BCUT2D eigenvalue weighted by Gasteiger charge is -2.21. The molecule has 0 saturated carbocycles. The lowest BCUT2D eigenvalue weighted by Crippen LogP contribution is -2.23. The van der Waals surface area contributed by atoms with E-state index in [-0.39, 0.29) is 5.91 Å². The molecule has 24 heavy (non-hydrogen) atoms. The maximum Gasteiger partial charge on any atom is 0.255 e. The van der Waals surface area contributed by atoms with Crippen molar-refractivity contribution in [3.05, 3.63) is 41.0 Å². The lowest BCUT2D eigenvalue weighted by atomic mass is 10.2. The molecule has 3 rings (SSSR count). The molecule has 1 aromatic heterocycles. The van der Waals surface area contributed by atoms with Gasteiger partial charge in [0.15, 0.2) is 5.82 Å². The quantitative estimate of drug-likeness (QED) is 0.922. The second-order valence-corrected chi connectivity index (χ2v) is 6.40. The standard InChI is InChI=1S/C17H20ClN5O/c1-22(2)15-14(11-19-17(21-15)23-8-3-4-9-23)20-16(24)12-6-5-7-13(18)10-12/h5-7,10-11H,3-4,8-9H2,1-2H3,(H,20,24). The normalized spacial score (nSPS) is 13.9. The Morgan fingerprint density at radius 2 is 2.04 bits per heavy atom. The number of anilines is 3. The topological polar surface area (TPSA) is 61.4 Å². The molecule has 0 atom stereocenters. The fraction of sp³-hybridized carbons (Fsp3) is 0.353. The van der Waals surface area contributed by atoms with Crippen LogP contribution in [-0.2, 0) is 0 Å². The van der Waals surface area contributed by atoms with Crippen LogP contribution in [0.5, 0.6) is 0 Å². The van der Waals surface area contributed by atoms with Crippen LogP contribution in [0, 0.1) is 0 Å². The molecule has 0 unspecified atom stereocenters. The molecule has 1 aromatic carbocycles. The average Bonchev–Trinajstić information content (AvgIpc) is 3.09. The first-order valence-corrected chi connectivity index (χ1v) is 8.28. The van der Waals surface area contributed by atoms with Crippen LogP contribution < -0.4 is 15.1 Å². The summed E-state index contributed by atoms with van der Waals surface area (Å²) in [5.41, 5.74) is 1.07. The minimum absolute atomic E-state index is 0.238. The smallest absolute Gasteiger partial charge is 0.255 e. The van der Waals surface area contributed by atoms with Gasteiger partial charge in [-0.05, 0) is 31.0 Å². The van der Waals surface area contributed by atoms with Crippen molar-refractivity contribution in [3.8, 4) is 0 Å². The van der Waals surface area contributed by atoms with Gasteiger partial charge in [-0.3, -0.25) is 4.79 Å². The number of aromatic nitrogens is 2. The summed E-state index contributed by atoms with van der Waals surface area (Å²) in [6.45, 7) is 1.95. The second kappa shape index (κ2) is 7.05. The van der Waals surface area contributed by atoms with Crippen LogP contribution in [-0.4, -0.2) is 43.1 Å². The van der Waals surface area contributed by atoms with Crippen molar-refractivity contribution in [1.82, 2.24) is 9.97 Å². The Bertz CT molecular complexity index is 744. The number of rotatable bonds is 4. The van der Waals surface area contributed by atoms with Crippen LogP contribution in [0.15, 0.2) is 30.5 Å². The Morgan fingerprint density at radius 1 is 1.29 bits per heavy atom. The molecular formula is C17H20ClN5O. The van der Waals surface area contributed by atoms with Crippen molar-refractivity contribution >= 4 is 35.0 Å². The fourth-order valence-corrected chi connectivity index (χ4v) is 2.88. The van der Waals surface area contributed by atoms with Crippen LogP contribution in [0.3, 0.4) is 0 Å². The second-order valence-electron chi connectivity index (χ2n) is 5.96. The van der Waals surface area contributed by atoms with Crippen LogP contribution in [0.25, 0.3) is 0 Å². The van der Waals surface area contributed by atoms with Gasteiger partial charge in [-0.25, -0.2) is 4.98 Å². The van der Waals surface area contributed by atoms with E-state index in [1.165, 1.54) is 0 Å². The third-order valence-electron chi connectivity index (χ3n) is 3.90. The minimum Gasteiger partial charge on any atom is -0.361 e. The van der Waals surface area contributed by atoms with E-state index in [1.807, 2.05) is 19.0 Å². The van der Waals surface area contributed by atoms with Gasteiger partial charge in [0.05, 0.1) is 6.20 Å². The molecule has 2 heterocycles. The monoisotopic (exact) mass is 345 g/mol. The van der Waals surface area contributed by atoms with Gasteiger partial charge in [0, 0.05) is 37.8 Å². The summed E-state index contributed by atoms with van der Waals surface area (Å²) < 4.78 is 0. The third kappa shape index (κ3) is 3.59. The van der Waals surface area contributed by atoms with E-state index in [0.29, 0.717) is 28.0 Å². The summed E-state index contributed by atoms with van der Waals surface area (Å²) in [7, 11) is 3.79. The Balaban J connectivity index is 1.85. The zero-order chi connectivity index (χ0) is 17.1. The van der Waals surface area contributed by atoms with Crippen LogP contribution in [0.2, 0.25) is 5.02 Å². The maximum absolute atomic E-state index is 12.4. The molecule has 2 aromatic rings. The number of benzene rings is 1. The number of carbonyl (C=O) groups excluding carboxylic acids is 1. The molecule has 1 aliphatic heterocycles. The largest absolute Gasteiger partial charge is 0.361 e. The molecule has 1 aliphatic rings. The van der Waals surface area contributed by atoms with Crippen molar-refractivity contribution in [2.45, 2.75) is 12.8 Å². The molecule has 0 radical (unpaired) electrons. The molecule has 0 spiro atoms. The van der Waals surface area contributed by atoms with Crippen molar-refractivity contribution in [2.24, 2.45) is 0 Å². The van der Waals surface area contributed by atoms with Gasteiger partial charge >= 0.3 is 0 Å². The summed E-state index contributed by atoms with van der Waals surface area (Å²) in [5, 5.41) is 3.39. The van der Waals surface area contributed by atoms with Gasteiger partial charge in [0.1, 0.15) is 5.69 Å². The molecule has 7 heteroatoms. The Hall–Kier alpha value is -2.34. The van der Waals surface area contributed by atoms with E-state index >= 15 is 0 Å². The molecule has 1 N–H and O–H groups in total. The summed E-state index contributed by atoms with van der Waals surface area (Å²) in [6.07, 6.45) is 3.99. The first-order valence-electron chi connectivity index (χ1n) is 7.91. The van der Waals surface area contributed by atoms with E-state index in [4.69, 9.17) is 11.6 Å². The molecule has 0 bridgehead atoms. The van der Waals surface area contributed by atoms with E-state index < -0.39 is 0 Å². The lowest BCUT2D eigenvalue weighted by molar-refractivity contribution is 0.102. The van der Waals surface area contributed by atoms with Gasteiger partial charge in [-0.15, -0.1) is 0 Å². The minimum atomic E-state index is -0.238. The number of halogens is 1. The molecule has 1 fully saturated rings. The molecule has 6 nitrogen and oxygen atoms in total. The summed E-state index contributed by atoms with van der Waals surface area (Å²) in [6, 6.07) is 6.83. The third-order valence-corrected chi connectivity index (χ3v) is 4.14.